The number of pyridine rings is 1. The van der Waals surface area contributed by atoms with Crippen LogP contribution in [0.1, 0.15) is 12.5 Å². The SMILES string of the molecule is CCNc1ccc(COc2ccc(Cl)cc2)cn1. The Morgan fingerprint density at radius 3 is 2.56 bits per heavy atom. The van der Waals surface area contributed by atoms with E-state index in [0.29, 0.717) is 11.6 Å². The third kappa shape index (κ3) is 3.64. The topological polar surface area (TPSA) is 34.1 Å². The Kier molecular flexibility index (Phi) is 4.42. The van der Waals surface area contributed by atoms with Gasteiger partial charge in [0.15, 0.2) is 0 Å². The second-order valence-corrected chi connectivity index (χ2v) is 4.26. The van der Waals surface area contributed by atoms with Crippen LogP contribution in [0.25, 0.3) is 0 Å². The van der Waals surface area contributed by atoms with Gasteiger partial charge in [-0.2, -0.15) is 0 Å². The quantitative estimate of drug-likeness (QED) is 0.891. The highest BCUT2D eigenvalue weighted by Crippen LogP contribution is 2.17. The van der Waals surface area contributed by atoms with Gasteiger partial charge in [0.05, 0.1) is 0 Å². The van der Waals surface area contributed by atoms with Crippen molar-refractivity contribution in [3.63, 3.8) is 0 Å². The fourth-order valence-corrected chi connectivity index (χ4v) is 1.62. The van der Waals surface area contributed by atoms with Gasteiger partial charge in [-0.1, -0.05) is 17.7 Å². The van der Waals surface area contributed by atoms with E-state index < -0.39 is 0 Å². The summed E-state index contributed by atoms with van der Waals surface area (Å²) < 4.78 is 5.63. The molecule has 0 amide bonds. The first-order chi connectivity index (χ1) is 8.78. The van der Waals surface area contributed by atoms with Crippen molar-refractivity contribution < 1.29 is 4.74 Å². The molecule has 0 bridgehead atoms. The number of hydrogen-bond acceptors (Lipinski definition) is 3. The molecular formula is C14H15ClN2O. The van der Waals surface area contributed by atoms with Gasteiger partial charge in [-0.25, -0.2) is 4.98 Å². The Labute approximate surface area is 112 Å². The summed E-state index contributed by atoms with van der Waals surface area (Å²) in [5.74, 6) is 1.68. The highest BCUT2D eigenvalue weighted by molar-refractivity contribution is 6.30. The lowest BCUT2D eigenvalue weighted by molar-refractivity contribution is 0.306. The largest absolute Gasteiger partial charge is 0.489 e. The molecule has 0 spiro atoms. The van der Waals surface area contributed by atoms with Crippen molar-refractivity contribution in [1.29, 1.82) is 0 Å². The second kappa shape index (κ2) is 6.26. The molecular weight excluding hydrogens is 248 g/mol. The van der Waals surface area contributed by atoms with Crippen LogP contribution in [-0.4, -0.2) is 11.5 Å². The zero-order valence-corrected chi connectivity index (χ0v) is 10.9. The molecule has 94 valence electrons. The van der Waals surface area contributed by atoms with Gasteiger partial charge in [0.25, 0.3) is 0 Å². The summed E-state index contributed by atoms with van der Waals surface area (Å²) in [6, 6.07) is 11.3. The molecule has 0 unspecified atom stereocenters. The first kappa shape index (κ1) is 12.7. The average Bonchev–Trinajstić information content (AvgIpc) is 2.40. The molecule has 1 aromatic carbocycles. The Hall–Kier alpha value is -1.74. The minimum Gasteiger partial charge on any atom is -0.489 e. The number of aromatic nitrogens is 1. The molecule has 2 aromatic rings. The van der Waals surface area contributed by atoms with Gasteiger partial charge in [0, 0.05) is 23.3 Å². The van der Waals surface area contributed by atoms with Crippen LogP contribution in [-0.2, 0) is 6.61 Å². The van der Waals surface area contributed by atoms with Crippen LogP contribution in [0.3, 0.4) is 0 Å². The number of ether oxygens (including phenoxy) is 1. The highest BCUT2D eigenvalue weighted by atomic mass is 35.5. The number of rotatable bonds is 5. The zero-order chi connectivity index (χ0) is 12.8. The molecule has 4 heteroatoms. The summed E-state index contributed by atoms with van der Waals surface area (Å²) in [5.41, 5.74) is 1.03. The third-order valence-electron chi connectivity index (χ3n) is 2.40. The molecule has 2 rings (SSSR count). The van der Waals surface area contributed by atoms with Crippen molar-refractivity contribution >= 4 is 17.4 Å². The first-order valence-corrected chi connectivity index (χ1v) is 6.23. The van der Waals surface area contributed by atoms with E-state index in [2.05, 4.69) is 10.3 Å². The van der Waals surface area contributed by atoms with E-state index in [0.717, 1.165) is 23.7 Å². The van der Waals surface area contributed by atoms with E-state index in [1.807, 2.05) is 49.5 Å². The van der Waals surface area contributed by atoms with Crippen molar-refractivity contribution in [2.45, 2.75) is 13.5 Å². The predicted octanol–water partition coefficient (Wildman–Crippen LogP) is 3.75. The molecule has 1 N–H and O–H groups in total. The fraction of sp³-hybridized carbons (Fsp3) is 0.214. The van der Waals surface area contributed by atoms with Crippen molar-refractivity contribution in [3.05, 3.63) is 53.2 Å². The van der Waals surface area contributed by atoms with Crippen LogP contribution < -0.4 is 10.1 Å². The van der Waals surface area contributed by atoms with E-state index >= 15 is 0 Å². The smallest absolute Gasteiger partial charge is 0.125 e. The minimum atomic E-state index is 0.501. The van der Waals surface area contributed by atoms with Crippen molar-refractivity contribution in [2.24, 2.45) is 0 Å². The Balaban J connectivity index is 1.91. The summed E-state index contributed by atoms with van der Waals surface area (Å²) in [7, 11) is 0. The summed E-state index contributed by atoms with van der Waals surface area (Å²) in [4.78, 5) is 4.28. The number of halogens is 1. The molecule has 0 saturated carbocycles. The number of nitrogens with one attached hydrogen (secondary N) is 1. The lowest BCUT2D eigenvalue weighted by atomic mass is 10.3. The maximum atomic E-state index is 5.80. The zero-order valence-electron chi connectivity index (χ0n) is 10.2. The summed E-state index contributed by atoms with van der Waals surface area (Å²) in [5, 5.41) is 3.86. The van der Waals surface area contributed by atoms with E-state index in [-0.39, 0.29) is 0 Å². The van der Waals surface area contributed by atoms with Crippen LogP contribution in [0, 0.1) is 0 Å². The lowest BCUT2D eigenvalue weighted by Crippen LogP contribution is -2.00. The minimum absolute atomic E-state index is 0.501. The summed E-state index contributed by atoms with van der Waals surface area (Å²) in [6.07, 6.45) is 1.81. The molecule has 3 nitrogen and oxygen atoms in total. The van der Waals surface area contributed by atoms with Gasteiger partial charge in [0.1, 0.15) is 18.2 Å². The molecule has 18 heavy (non-hydrogen) atoms. The van der Waals surface area contributed by atoms with Gasteiger partial charge in [-0.15, -0.1) is 0 Å². The van der Waals surface area contributed by atoms with E-state index in [4.69, 9.17) is 16.3 Å². The van der Waals surface area contributed by atoms with E-state index in [1.165, 1.54) is 0 Å². The van der Waals surface area contributed by atoms with Crippen LogP contribution in [0.2, 0.25) is 5.02 Å². The molecule has 1 heterocycles. The van der Waals surface area contributed by atoms with Crippen molar-refractivity contribution in [2.75, 3.05) is 11.9 Å². The molecule has 0 radical (unpaired) electrons. The predicted molar refractivity (Wildman–Crippen MR) is 74.2 cm³/mol. The van der Waals surface area contributed by atoms with Gasteiger partial charge < -0.3 is 10.1 Å². The van der Waals surface area contributed by atoms with Crippen LogP contribution in [0.15, 0.2) is 42.6 Å². The molecule has 0 atom stereocenters. The Morgan fingerprint density at radius 1 is 1.17 bits per heavy atom. The Morgan fingerprint density at radius 2 is 1.94 bits per heavy atom. The molecule has 0 fully saturated rings. The van der Waals surface area contributed by atoms with E-state index in [9.17, 15) is 0 Å². The highest BCUT2D eigenvalue weighted by Gasteiger charge is 1.97. The fourth-order valence-electron chi connectivity index (χ4n) is 1.49. The van der Waals surface area contributed by atoms with Crippen LogP contribution in [0.4, 0.5) is 5.82 Å². The summed E-state index contributed by atoms with van der Waals surface area (Å²) >= 11 is 5.80. The maximum Gasteiger partial charge on any atom is 0.125 e. The molecule has 0 aliphatic carbocycles. The maximum absolute atomic E-state index is 5.80. The standard InChI is InChI=1S/C14H15ClN2O/c1-2-16-14-8-3-11(9-17-14)10-18-13-6-4-12(15)5-7-13/h3-9H,2,10H2,1H3,(H,16,17). The van der Waals surface area contributed by atoms with Crippen molar-refractivity contribution in [3.8, 4) is 5.75 Å². The van der Waals surface area contributed by atoms with Gasteiger partial charge in [0.2, 0.25) is 0 Å². The van der Waals surface area contributed by atoms with Crippen molar-refractivity contribution in [1.82, 2.24) is 4.98 Å². The third-order valence-corrected chi connectivity index (χ3v) is 2.65. The lowest BCUT2D eigenvalue weighted by Gasteiger charge is -2.07. The summed E-state index contributed by atoms with van der Waals surface area (Å²) in [6.45, 7) is 3.41. The number of anilines is 1. The molecule has 0 aliphatic rings. The average molecular weight is 263 g/mol. The monoisotopic (exact) mass is 262 g/mol. The number of hydrogen-bond donors (Lipinski definition) is 1. The molecule has 0 saturated heterocycles. The van der Waals surface area contributed by atoms with Gasteiger partial charge in [-0.3, -0.25) is 0 Å². The Bertz CT molecular complexity index is 482. The van der Waals surface area contributed by atoms with E-state index in [1.54, 1.807) is 0 Å². The molecule has 1 aromatic heterocycles. The second-order valence-electron chi connectivity index (χ2n) is 3.82. The number of nitrogens with zero attached hydrogens (tertiary/aromatic N) is 1. The molecule has 0 aliphatic heterocycles. The van der Waals surface area contributed by atoms with Gasteiger partial charge >= 0.3 is 0 Å². The first-order valence-electron chi connectivity index (χ1n) is 5.85. The normalized spacial score (nSPS) is 10.1. The van der Waals surface area contributed by atoms with Gasteiger partial charge in [-0.05, 0) is 37.3 Å². The van der Waals surface area contributed by atoms with Crippen LogP contribution in [0.5, 0.6) is 5.75 Å². The number of benzene rings is 1. The van der Waals surface area contributed by atoms with Crippen LogP contribution >= 0.6 is 11.6 Å².